The first kappa shape index (κ1) is 15.0. The van der Waals surface area contributed by atoms with Gasteiger partial charge in [0.15, 0.2) is 0 Å². The molecule has 102 valence electrons. The summed E-state index contributed by atoms with van der Waals surface area (Å²) >= 11 is 0. The topological polar surface area (TPSA) is 35.2 Å². The van der Waals surface area contributed by atoms with Crippen molar-refractivity contribution in [1.29, 1.82) is 0 Å². The van der Waals surface area contributed by atoms with E-state index >= 15 is 0 Å². The van der Waals surface area contributed by atoms with E-state index in [0.29, 0.717) is 12.5 Å². The fourth-order valence-corrected chi connectivity index (χ4v) is 1.56. The van der Waals surface area contributed by atoms with Crippen molar-refractivity contribution in [3.8, 4) is 5.75 Å². The van der Waals surface area contributed by atoms with Crippen LogP contribution in [0.25, 0.3) is 0 Å². The molecule has 0 amide bonds. The first-order chi connectivity index (χ1) is 8.34. The molecule has 18 heavy (non-hydrogen) atoms. The molecule has 0 heterocycles. The fourth-order valence-electron chi connectivity index (χ4n) is 1.56. The molecule has 2 heteroatoms. The van der Waals surface area contributed by atoms with Gasteiger partial charge in [0, 0.05) is 6.04 Å². The summed E-state index contributed by atoms with van der Waals surface area (Å²) < 4.78 is 5.74. The second-order valence-electron chi connectivity index (χ2n) is 6.16. The van der Waals surface area contributed by atoms with Crippen LogP contribution in [0.4, 0.5) is 0 Å². The standard InChI is InChI=1S/C16H27NO/c1-6-12(2)13-7-9-14(10-8-13)18-11-15(17)16(3,4)5/h7-10,12,15H,6,11,17H2,1-5H3. The van der Waals surface area contributed by atoms with Crippen molar-refractivity contribution in [2.24, 2.45) is 11.1 Å². The number of benzene rings is 1. The van der Waals surface area contributed by atoms with Crippen LogP contribution in [0.15, 0.2) is 24.3 Å². The molecule has 0 saturated heterocycles. The van der Waals surface area contributed by atoms with Gasteiger partial charge in [-0.3, -0.25) is 0 Å². The third-order valence-electron chi connectivity index (χ3n) is 3.60. The molecule has 0 spiro atoms. The lowest BCUT2D eigenvalue weighted by Crippen LogP contribution is -2.40. The van der Waals surface area contributed by atoms with Crippen LogP contribution >= 0.6 is 0 Å². The van der Waals surface area contributed by atoms with Gasteiger partial charge >= 0.3 is 0 Å². The van der Waals surface area contributed by atoms with Gasteiger partial charge in [-0.15, -0.1) is 0 Å². The van der Waals surface area contributed by atoms with Gasteiger partial charge in [-0.1, -0.05) is 46.8 Å². The Kier molecular flexibility index (Phi) is 5.21. The predicted molar refractivity (Wildman–Crippen MR) is 78.1 cm³/mol. The van der Waals surface area contributed by atoms with Crippen molar-refractivity contribution in [2.45, 2.75) is 53.0 Å². The zero-order chi connectivity index (χ0) is 13.8. The lowest BCUT2D eigenvalue weighted by atomic mass is 9.88. The van der Waals surface area contributed by atoms with E-state index < -0.39 is 0 Å². The zero-order valence-electron chi connectivity index (χ0n) is 12.4. The summed E-state index contributed by atoms with van der Waals surface area (Å²) in [6, 6.07) is 8.41. The van der Waals surface area contributed by atoms with Crippen LogP contribution in [0.1, 0.15) is 52.5 Å². The summed E-state index contributed by atoms with van der Waals surface area (Å²) in [5.41, 5.74) is 7.52. The van der Waals surface area contributed by atoms with Crippen LogP contribution in [0.3, 0.4) is 0 Å². The van der Waals surface area contributed by atoms with Crippen LogP contribution < -0.4 is 10.5 Å². The molecule has 0 aromatic heterocycles. The van der Waals surface area contributed by atoms with E-state index in [2.05, 4.69) is 46.8 Å². The average Bonchev–Trinajstić information content (AvgIpc) is 2.34. The smallest absolute Gasteiger partial charge is 0.119 e. The van der Waals surface area contributed by atoms with Gasteiger partial charge in [-0.25, -0.2) is 0 Å². The van der Waals surface area contributed by atoms with Crippen LogP contribution in [-0.2, 0) is 0 Å². The summed E-state index contributed by atoms with van der Waals surface area (Å²) in [5.74, 6) is 1.51. The minimum absolute atomic E-state index is 0.0479. The van der Waals surface area contributed by atoms with Crippen molar-refractivity contribution in [3.63, 3.8) is 0 Å². The maximum atomic E-state index is 6.07. The van der Waals surface area contributed by atoms with E-state index in [1.54, 1.807) is 0 Å². The van der Waals surface area contributed by atoms with Crippen molar-refractivity contribution in [1.82, 2.24) is 0 Å². The number of hydrogen-bond acceptors (Lipinski definition) is 2. The summed E-state index contributed by atoms with van der Waals surface area (Å²) in [5, 5.41) is 0. The molecule has 0 radical (unpaired) electrons. The van der Waals surface area contributed by atoms with Gasteiger partial charge < -0.3 is 10.5 Å². The van der Waals surface area contributed by atoms with Gasteiger partial charge in [-0.2, -0.15) is 0 Å². The molecule has 0 aliphatic rings. The molecule has 0 aliphatic carbocycles. The number of hydrogen-bond donors (Lipinski definition) is 1. The highest BCUT2D eigenvalue weighted by Crippen LogP contribution is 2.22. The minimum atomic E-state index is 0.0479. The Morgan fingerprint density at radius 2 is 1.72 bits per heavy atom. The highest BCUT2D eigenvalue weighted by Gasteiger charge is 2.20. The quantitative estimate of drug-likeness (QED) is 0.857. The Labute approximate surface area is 112 Å². The van der Waals surface area contributed by atoms with Crippen molar-refractivity contribution >= 4 is 0 Å². The third-order valence-corrected chi connectivity index (χ3v) is 3.60. The molecular weight excluding hydrogens is 222 g/mol. The van der Waals surface area contributed by atoms with Crippen molar-refractivity contribution in [3.05, 3.63) is 29.8 Å². The van der Waals surface area contributed by atoms with Crippen LogP contribution in [0.2, 0.25) is 0 Å². The molecule has 0 bridgehead atoms. The first-order valence-electron chi connectivity index (χ1n) is 6.83. The Balaban J connectivity index is 2.54. The number of rotatable bonds is 5. The zero-order valence-corrected chi connectivity index (χ0v) is 12.4. The molecule has 1 aromatic carbocycles. The molecule has 0 fully saturated rings. The molecule has 2 atom stereocenters. The Bertz CT molecular complexity index is 350. The summed E-state index contributed by atoms with van der Waals surface area (Å²) in [4.78, 5) is 0. The van der Waals surface area contributed by atoms with Gasteiger partial charge in [0.05, 0.1) is 0 Å². The maximum Gasteiger partial charge on any atom is 0.119 e. The summed E-state index contributed by atoms with van der Waals surface area (Å²) in [6.45, 7) is 11.4. The van der Waals surface area contributed by atoms with E-state index in [0.717, 1.165) is 12.2 Å². The van der Waals surface area contributed by atoms with Crippen molar-refractivity contribution < 1.29 is 4.74 Å². The SMILES string of the molecule is CCC(C)c1ccc(OCC(N)C(C)(C)C)cc1. The maximum absolute atomic E-state index is 6.07. The number of ether oxygens (including phenoxy) is 1. The highest BCUT2D eigenvalue weighted by atomic mass is 16.5. The second-order valence-corrected chi connectivity index (χ2v) is 6.16. The Hall–Kier alpha value is -1.02. The average molecular weight is 249 g/mol. The Morgan fingerprint density at radius 3 is 2.17 bits per heavy atom. The molecule has 2 unspecified atom stereocenters. The summed E-state index contributed by atoms with van der Waals surface area (Å²) in [7, 11) is 0. The van der Waals surface area contributed by atoms with Gasteiger partial charge in [-0.05, 0) is 35.4 Å². The van der Waals surface area contributed by atoms with Crippen LogP contribution in [0.5, 0.6) is 5.75 Å². The molecule has 2 N–H and O–H groups in total. The van der Waals surface area contributed by atoms with E-state index in [1.165, 1.54) is 5.56 Å². The normalized spacial score (nSPS) is 15.2. The summed E-state index contributed by atoms with van der Waals surface area (Å²) in [6.07, 6.45) is 1.16. The lowest BCUT2D eigenvalue weighted by Gasteiger charge is -2.26. The van der Waals surface area contributed by atoms with Crippen molar-refractivity contribution in [2.75, 3.05) is 6.61 Å². The second kappa shape index (κ2) is 6.24. The van der Waals surface area contributed by atoms with Crippen LogP contribution in [-0.4, -0.2) is 12.6 Å². The van der Waals surface area contributed by atoms with E-state index in [4.69, 9.17) is 10.5 Å². The van der Waals surface area contributed by atoms with Gasteiger partial charge in [0.25, 0.3) is 0 Å². The number of nitrogens with two attached hydrogens (primary N) is 1. The predicted octanol–water partition coefficient (Wildman–Crippen LogP) is 3.95. The minimum Gasteiger partial charge on any atom is -0.492 e. The van der Waals surface area contributed by atoms with Gasteiger partial charge in [0.1, 0.15) is 12.4 Å². The molecule has 0 saturated carbocycles. The Morgan fingerprint density at radius 1 is 1.17 bits per heavy atom. The third kappa shape index (κ3) is 4.34. The molecular formula is C16H27NO. The first-order valence-corrected chi connectivity index (χ1v) is 6.83. The molecule has 1 aromatic rings. The van der Waals surface area contributed by atoms with Gasteiger partial charge in [0.2, 0.25) is 0 Å². The molecule has 1 rings (SSSR count). The highest BCUT2D eigenvalue weighted by molar-refractivity contribution is 5.29. The van der Waals surface area contributed by atoms with Crippen LogP contribution in [0, 0.1) is 5.41 Å². The molecule has 2 nitrogen and oxygen atoms in total. The van der Waals surface area contributed by atoms with E-state index in [-0.39, 0.29) is 11.5 Å². The molecule has 0 aliphatic heterocycles. The largest absolute Gasteiger partial charge is 0.492 e. The monoisotopic (exact) mass is 249 g/mol. The fraction of sp³-hybridized carbons (Fsp3) is 0.625. The van der Waals surface area contributed by atoms with E-state index in [9.17, 15) is 0 Å². The lowest BCUT2D eigenvalue weighted by molar-refractivity contribution is 0.205. The van der Waals surface area contributed by atoms with E-state index in [1.807, 2.05) is 12.1 Å².